The van der Waals surface area contributed by atoms with Gasteiger partial charge in [0.15, 0.2) is 0 Å². The summed E-state index contributed by atoms with van der Waals surface area (Å²) in [5.74, 6) is 0. The van der Waals surface area contributed by atoms with Gasteiger partial charge in [0.2, 0.25) is 0 Å². The van der Waals surface area contributed by atoms with E-state index in [1.165, 1.54) is 30.6 Å². The minimum absolute atomic E-state index is 0.681. The molecule has 1 aliphatic heterocycles. The monoisotopic (exact) mass is 218 g/mol. The molecule has 1 aromatic carbocycles. The lowest BCUT2D eigenvalue weighted by Crippen LogP contribution is -2.37. The molecule has 2 rings (SSSR count). The molecule has 0 amide bonds. The molecule has 1 N–H and O–H groups in total. The molecule has 0 aromatic heterocycles. The van der Waals surface area contributed by atoms with E-state index in [0.717, 1.165) is 13.1 Å². The normalized spacial score (nSPS) is 20.0. The SMILES string of the molecule is CCN(C[C@H]1CCCN1)c1cccc(C)c1. The lowest BCUT2D eigenvalue weighted by atomic mass is 10.1. The van der Waals surface area contributed by atoms with Crippen LogP contribution in [0.25, 0.3) is 0 Å². The standard InChI is InChI=1S/C14H22N2/c1-3-16(11-13-7-5-9-15-13)14-8-4-6-12(2)10-14/h4,6,8,10,13,15H,3,5,7,9,11H2,1-2H3/t13-/m1/s1. The number of aryl methyl sites for hydroxylation is 1. The summed E-state index contributed by atoms with van der Waals surface area (Å²) in [5.41, 5.74) is 2.70. The Balaban J connectivity index is 2.03. The maximum Gasteiger partial charge on any atom is 0.0369 e. The summed E-state index contributed by atoms with van der Waals surface area (Å²) in [6, 6.07) is 9.48. The van der Waals surface area contributed by atoms with Crippen molar-refractivity contribution in [3.8, 4) is 0 Å². The molecule has 0 saturated carbocycles. The van der Waals surface area contributed by atoms with Gasteiger partial charge < -0.3 is 10.2 Å². The van der Waals surface area contributed by atoms with Crippen LogP contribution < -0.4 is 10.2 Å². The summed E-state index contributed by atoms with van der Waals surface area (Å²) in [7, 11) is 0. The van der Waals surface area contributed by atoms with Crippen LogP contribution in [0, 0.1) is 6.92 Å². The average molecular weight is 218 g/mol. The lowest BCUT2D eigenvalue weighted by molar-refractivity contribution is 0.586. The van der Waals surface area contributed by atoms with E-state index in [-0.39, 0.29) is 0 Å². The van der Waals surface area contributed by atoms with Crippen LogP contribution in [0.4, 0.5) is 5.69 Å². The summed E-state index contributed by atoms with van der Waals surface area (Å²) >= 11 is 0. The Morgan fingerprint density at radius 2 is 2.31 bits per heavy atom. The third kappa shape index (κ3) is 2.76. The fourth-order valence-corrected chi connectivity index (χ4v) is 2.42. The molecule has 1 atom stereocenters. The van der Waals surface area contributed by atoms with Gasteiger partial charge in [0.25, 0.3) is 0 Å². The first-order valence-electron chi connectivity index (χ1n) is 6.34. The Bertz CT molecular complexity index is 329. The van der Waals surface area contributed by atoms with Gasteiger partial charge >= 0.3 is 0 Å². The summed E-state index contributed by atoms with van der Waals surface area (Å²) < 4.78 is 0. The topological polar surface area (TPSA) is 15.3 Å². The molecule has 0 radical (unpaired) electrons. The zero-order valence-electron chi connectivity index (χ0n) is 10.4. The lowest BCUT2D eigenvalue weighted by Gasteiger charge is -2.26. The minimum atomic E-state index is 0.681. The molecule has 0 bridgehead atoms. The molecule has 0 spiro atoms. The summed E-state index contributed by atoms with van der Waals surface area (Å²) in [5, 5.41) is 3.56. The van der Waals surface area contributed by atoms with Crippen molar-refractivity contribution >= 4 is 5.69 Å². The maximum absolute atomic E-state index is 3.56. The number of rotatable bonds is 4. The van der Waals surface area contributed by atoms with Crippen molar-refractivity contribution in [1.82, 2.24) is 5.32 Å². The van der Waals surface area contributed by atoms with Crippen LogP contribution in [0.2, 0.25) is 0 Å². The molecule has 88 valence electrons. The van der Waals surface area contributed by atoms with Crippen molar-refractivity contribution in [2.75, 3.05) is 24.5 Å². The zero-order chi connectivity index (χ0) is 11.4. The van der Waals surface area contributed by atoms with Gasteiger partial charge in [-0.3, -0.25) is 0 Å². The molecule has 2 heteroatoms. The fraction of sp³-hybridized carbons (Fsp3) is 0.571. The number of likely N-dealkylation sites (N-methyl/N-ethyl adjacent to an activating group) is 1. The summed E-state index contributed by atoms with van der Waals surface area (Å²) in [6.07, 6.45) is 2.65. The number of nitrogens with one attached hydrogen (secondary N) is 1. The van der Waals surface area contributed by atoms with Crippen LogP contribution in [0.3, 0.4) is 0 Å². The highest BCUT2D eigenvalue weighted by atomic mass is 15.2. The second-order valence-corrected chi connectivity index (χ2v) is 4.67. The van der Waals surface area contributed by atoms with Gasteiger partial charge in [0.05, 0.1) is 0 Å². The summed E-state index contributed by atoms with van der Waals surface area (Å²) in [4.78, 5) is 2.47. The van der Waals surface area contributed by atoms with Gasteiger partial charge in [0.1, 0.15) is 0 Å². The molecule has 0 unspecified atom stereocenters. The van der Waals surface area contributed by atoms with Gasteiger partial charge in [0, 0.05) is 24.8 Å². The van der Waals surface area contributed by atoms with E-state index in [1.807, 2.05) is 0 Å². The first-order valence-corrected chi connectivity index (χ1v) is 6.34. The molecular formula is C14H22N2. The zero-order valence-corrected chi connectivity index (χ0v) is 10.4. The number of nitrogens with zero attached hydrogens (tertiary/aromatic N) is 1. The van der Waals surface area contributed by atoms with E-state index in [0.29, 0.717) is 6.04 Å². The number of benzene rings is 1. The highest BCUT2D eigenvalue weighted by Gasteiger charge is 2.17. The first kappa shape index (κ1) is 11.5. The highest BCUT2D eigenvalue weighted by molar-refractivity contribution is 5.48. The quantitative estimate of drug-likeness (QED) is 0.835. The molecular weight excluding hydrogens is 196 g/mol. The molecule has 1 aromatic rings. The third-order valence-electron chi connectivity index (χ3n) is 3.35. The van der Waals surface area contributed by atoms with Gasteiger partial charge in [-0.1, -0.05) is 12.1 Å². The van der Waals surface area contributed by atoms with Gasteiger partial charge in [-0.2, -0.15) is 0 Å². The van der Waals surface area contributed by atoms with Crippen LogP contribution in [0.5, 0.6) is 0 Å². The number of hydrogen-bond acceptors (Lipinski definition) is 2. The van der Waals surface area contributed by atoms with Crippen molar-refractivity contribution in [3.05, 3.63) is 29.8 Å². The predicted molar refractivity (Wildman–Crippen MR) is 70.1 cm³/mol. The van der Waals surface area contributed by atoms with Gasteiger partial charge in [-0.05, 0) is 50.9 Å². The number of anilines is 1. The van der Waals surface area contributed by atoms with Crippen LogP contribution in [-0.4, -0.2) is 25.7 Å². The van der Waals surface area contributed by atoms with E-state index in [9.17, 15) is 0 Å². The van der Waals surface area contributed by atoms with Crippen LogP contribution in [0.1, 0.15) is 25.3 Å². The Kier molecular flexibility index (Phi) is 3.83. The average Bonchev–Trinajstić information content (AvgIpc) is 2.78. The van der Waals surface area contributed by atoms with Crippen molar-refractivity contribution in [2.45, 2.75) is 32.7 Å². The first-order chi connectivity index (χ1) is 7.79. The number of hydrogen-bond donors (Lipinski definition) is 1. The molecule has 1 heterocycles. The van der Waals surface area contributed by atoms with E-state index in [1.54, 1.807) is 0 Å². The Labute approximate surface area is 98.7 Å². The molecule has 0 aliphatic carbocycles. The van der Waals surface area contributed by atoms with Crippen molar-refractivity contribution < 1.29 is 0 Å². The minimum Gasteiger partial charge on any atom is -0.370 e. The fourth-order valence-electron chi connectivity index (χ4n) is 2.42. The molecule has 1 fully saturated rings. The van der Waals surface area contributed by atoms with E-state index in [2.05, 4.69) is 48.3 Å². The third-order valence-corrected chi connectivity index (χ3v) is 3.35. The second-order valence-electron chi connectivity index (χ2n) is 4.67. The van der Waals surface area contributed by atoms with Crippen LogP contribution in [-0.2, 0) is 0 Å². The molecule has 1 aliphatic rings. The largest absolute Gasteiger partial charge is 0.370 e. The van der Waals surface area contributed by atoms with E-state index in [4.69, 9.17) is 0 Å². The Morgan fingerprint density at radius 1 is 1.44 bits per heavy atom. The Morgan fingerprint density at radius 3 is 2.94 bits per heavy atom. The van der Waals surface area contributed by atoms with Crippen LogP contribution >= 0.6 is 0 Å². The maximum atomic E-state index is 3.56. The van der Waals surface area contributed by atoms with Crippen molar-refractivity contribution in [3.63, 3.8) is 0 Å². The highest BCUT2D eigenvalue weighted by Crippen LogP contribution is 2.17. The molecule has 16 heavy (non-hydrogen) atoms. The van der Waals surface area contributed by atoms with Crippen LogP contribution in [0.15, 0.2) is 24.3 Å². The predicted octanol–water partition coefficient (Wildman–Crippen LogP) is 2.57. The van der Waals surface area contributed by atoms with Gasteiger partial charge in [-0.15, -0.1) is 0 Å². The summed E-state index contributed by atoms with van der Waals surface area (Å²) in [6.45, 7) is 7.81. The Hall–Kier alpha value is -1.02. The van der Waals surface area contributed by atoms with Crippen molar-refractivity contribution in [2.24, 2.45) is 0 Å². The van der Waals surface area contributed by atoms with E-state index < -0.39 is 0 Å². The van der Waals surface area contributed by atoms with Gasteiger partial charge in [-0.25, -0.2) is 0 Å². The smallest absolute Gasteiger partial charge is 0.0369 e. The van der Waals surface area contributed by atoms with Crippen molar-refractivity contribution in [1.29, 1.82) is 0 Å². The van der Waals surface area contributed by atoms with E-state index >= 15 is 0 Å². The molecule has 2 nitrogen and oxygen atoms in total. The molecule has 1 saturated heterocycles. The second kappa shape index (κ2) is 5.35.